The molecule has 0 aliphatic heterocycles. The second-order valence-electron chi connectivity index (χ2n) is 4.92. The zero-order valence-corrected chi connectivity index (χ0v) is 12.8. The smallest absolute Gasteiger partial charge is 0.258 e. The normalized spacial score (nSPS) is 10.4. The summed E-state index contributed by atoms with van der Waals surface area (Å²) in [5, 5.41) is 2.70. The summed E-state index contributed by atoms with van der Waals surface area (Å²) in [5.41, 5.74) is 1.89. The number of hydrogen-bond acceptors (Lipinski definition) is 2. The fourth-order valence-corrected chi connectivity index (χ4v) is 2.22. The maximum absolute atomic E-state index is 13.6. The van der Waals surface area contributed by atoms with E-state index in [0.717, 1.165) is 19.3 Å². The molecule has 0 heterocycles. The highest BCUT2D eigenvalue weighted by molar-refractivity contribution is 7.80. The average Bonchev–Trinajstić information content (AvgIpc) is 2.49. The Hall–Kier alpha value is -1.81. The number of anilines is 1. The molecule has 0 radical (unpaired) electrons. The van der Waals surface area contributed by atoms with Crippen molar-refractivity contribution >= 4 is 24.2 Å². The lowest BCUT2D eigenvalue weighted by atomic mass is 10.1. The zero-order valence-electron chi connectivity index (χ0n) is 11.9. The first-order valence-corrected chi connectivity index (χ1v) is 7.43. The molecule has 0 unspecified atom stereocenters. The Bertz CT molecular complexity index is 625. The molecule has 4 heteroatoms. The van der Waals surface area contributed by atoms with E-state index < -0.39 is 11.7 Å². The molecule has 0 aliphatic carbocycles. The number of halogens is 1. The molecule has 1 amide bonds. The number of unbranched alkanes of at least 4 members (excludes halogenated alkanes) is 1. The van der Waals surface area contributed by atoms with Gasteiger partial charge in [-0.15, -0.1) is 12.6 Å². The van der Waals surface area contributed by atoms with Crippen molar-refractivity contribution in [2.24, 2.45) is 0 Å². The molecule has 2 rings (SSSR count). The van der Waals surface area contributed by atoms with Crippen LogP contribution in [-0.4, -0.2) is 5.91 Å². The lowest BCUT2D eigenvalue weighted by Crippen LogP contribution is -2.13. The fourth-order valence-electron chi connectivity index (χ4n) is 2.02. The number of rotatable bonds is 5. The lowest BCUT2D eigenvalue weighted by Gasteiger charge is -2.08. The Morgan fingerprint density at radius 2 is 1.90 bits per heavy atom. The number of carbonyl (C=O) groups excluding carboxylic acids is 1. The number of amides is 1. The molecule has 0 saturated carbocycles. The maximum Gasteiger partial charge on any atom is 0.258 e. The van der Waals surface area contributed by atoms with Crippen molar-refractivity contribution in [1.82, 2.24) is 0 Å². The molecule has 0 bridgehead atoms. The minimum absolute atomic E-state index is 0.00226. The van der Waals surface area contributed by atoms with Crippen LogP contribution >= 0.6 is 12.6 Å². The van der Waals surface area contributed by atoms with E-state index in [0.29, 0.717) is 10.6 Å². The highest BCUT2D eigenvalue weighted by Crippen LogP contribution is 2.17. The molecule has 0 aliphatic rings. The highest BCUT2D eigenvalue weighted by atomic mass is 32.1. The van der Waals surface area contributed by atoms with Gasteiger partial charge in [0.25, 0.3) is 5.91 Å². The summed E-state index contributed by atoms with van der Waals surface area (Å²) in [4.78, 5) is 12.6. The van der Waals surface area contributed by atoms with Gasteiger partial charge in [-0.25, -0.2) is 4.39 Å². The monoisotopic (exact) mass is 303 g/mol. The van der Waals surface area contributed by atoms with E-state index in [2.05, 4.69) is 24.9 Å². The summed E-state index contributed by atoms with van der Waals surface area (Å²) < 4.78 is 13.6. The third-order valence-corrected chi connectivity index (χ3v) is 3.50. The Labute approximate surface area is 129 Å². The van der Waals surface area contributed by atoms with Crippen molar-refractivity contribution in [3.8, 4) is 0 Å². The number of thiol groups is 1. The number of carbonyl (C=O) groups is 1. The standard InChI is InChI=1S/C17H18FNOS/c1-2-3-4-12-5-7-13(8-6-12)19-17(20)15-11-14(21)9-10-16(15)18/h5-11,21H,2-4H2,1H3,(H,19,20). The van der Waals surface area contributed by atoms with Gasteiger partial charge < -0.3 is 5.32 Å². The van der Waals surface area contributed by atoms with E-state index in [-0.39, 0.29) is 5.56 Å². The molecule has 2 nitrogen and oxygen atoms in total. The van der Waals surface area contributed by atoms with Gasteiger partial charge in [0.2, 0.25) is 0 Å². The van der Waals surface area contributed by atoms with Crippen molar-refractivity contribution < 1.29 is 9.18 Å². The van der Waals surface area contributed by atoms with Crippen LogP contribution in [-0.2, 0) is 6.42 Å². The topological polar surface area (TPSA) is 29.1 Å². The molecule has 110 valence electrons. The van der Waals surface area contributed by atoms with E-state index in [9.17, 15) is 9.18 Å². The van der Waals surface area contributed by atoms with Crippen LogP contribution < -0.4 is 5.32 Å². The van der Waals surface area contributed by atoms with Crippen molar-refractivity contribution in [2.45, 2.75) is 31.1 Å². The Morgan fingerprint density at radius 1 is 1.19 bits per heavy atom. The van der Waals surface area contributed by atoms with Crippen molar-refractivity contribution in [1.29, 1.82) is 0 Å². The fraction of sp³-hybridized carbons (Fsp3) is 0.235. The van der Waals surface area contributed by atoms with Crippen LogP contribution in [0.15, 0.2) is 47.4 Å². The maximum atomic E-state index is 13.6. The summed E-state index contributed by atoms with van der Waals surface area (Å²) in [6, 6.07) is 11.8. The number of aryl methyl sites for hydroxylation is 1. The van der Waals surface area contributed by atoms with Gasteiger partial charge >= 0.3 is 0 Å². The van der Waals surface area contributed by atoms with Gasteiger partial charge in [0.15, 0.2) is 0 Å². The lowest BCUT2D eigenvalue weighted by molar-refractivity contribution is 0.102. The summed E-state index contributed by atoms with van der Waals surface area (Å²) >= 11 is 4.12. The first-order chi connectivity index (χ1) is 10.1. The number of benzene rings is 2. The SMILES string of the molecule is CCCCc1ccc(NC(=O)c2cc(S)ccc2F)cc1. The molecular weight excluding hydrogens is 285 g/mol. The van der Waals surface area contributed by atoms with Crippen molar-refractivity contribution in [3.63, 3.8) is 0 Å². The molecule has 0 atom stereocenters. The van der Waals surface area contributed by atoms with Crippen LogP contribution in [0.25, 0.3) is 0 Å². The van der Waals surface area contributed by atoms with Crippen molar-refractivity contribution in [2.75, 3.05) is 5.32 Å². The summed E-state index contributed by atoms with van der Waals surface area (Å²) in [6.45, 7) is 2.15. The third-order valence-electron chi connectivity index (χ3n) is 3.23. The van der Waals surface area contributed by atoms with E-state index in [1.807, 2.05) is 24.3 Å². The molecule has 0 fully saturated rings. The molecule has 1 N–H and O–H groups in total. The van der Waals surface area contributed by atoms with Crippen LogP contribution in [0.1, 0.15) is 35.7 Å². The minimum Gasteiger partial charge on any atom is -0.322 e. The van der Waals surface area contributed by atoms with Crippen LogP contribution in [0.5, 0.6) is 0 Å². The van der Waals surface area contributed by atoms with Crippen LogP contribution in [0.2, 0.25) is 0 Å². The Balaban J connectivity index is 2.07. The van der Waals surface area contributed by atoms with Gasteiger partial charge in [0, 0.05) is 10.6 Å². The van der Waals surface area contributed by atoms with Crippen molar-refractivity contribution in [3.05, 3.63) is 59.4 Å². The second-order valence-corrected chi connectivity index (χ2v) is 5.44. The summed E-state index contributed by atoms with van der Waals surface area (Å²) in [7, 11) is 0. The van der Waals surface area contributed by atoms with E-state index >= 15 is 0 Å². The third kappa shape index (κ3) is 4.33. The van der Waals surface area contributed by atoms with Gasteiger partial charge in [-0.2, -0.15) is 0 Å². The molecule has 2 aromatic rings. The van der Waals surface area contributed by atoms with Gasteiger partial charge in [0.05, 0.1) is 5.56 Å². The van der Waals surface area contributed by atoms with E-state index in [4.69, 9.17) is 0 Å². The molecule has 2 aromatic carbocycles. The van der Waals surface area contributed by atoms with Gasteiger partial charge in [-0.3, -0.25) is 4.79 Å². The largest absolute Gasteiger partial charge is 0.322 e. The first kappa shape index (κ1) is 15.6. The van der Waals surface area contributed by atoms with Gasteiger partial charge in [-0.1, -0.05) is 25.5 Å². The predicted molar refractivity (Wildman–Crippen MR) is 86.7 cm³/mol. The summed E-state index contributed by atoms with van der Waals surface area (Å²) in [6.07, 6.45) is 3.32. The van der Waals surface area contributed by atoms with E-state index in [1.165, 1.54) is 23.8 Å². The number of nitrogens with one attached hydrogen (secondary N) is 1. The summed E-state index contributed by atoms with van der Waals surface area (Å²) in [5.74, 6) is -1.02. The molecule has 0 spiro atoms. The van der Waals surface area contributed by atoms with Gasteiger partial charge in [0.1, 0.15) is 5.82 Å². The Kier molecular flexibility index (Phi) is 5.39. The average molecular weight is 303 g/mol. The molecule has 0 aromatic heterocycles. The van der Waals surface area contributed by atoms with Crippen LogP contribution in [0.3, 0.4) is 0 Å². The quantitative estimate of drug-likeness (QED) is 0.770. The zero-order chi connectivity index (χ0) is 15.2. The van der Waals surface area contributed by atoms with Gasteiger partial charge in [-0.05, 0) is 48.7 Å². The predicted octanol–water partition coefficient (Wildman–Crippen LogP) is 4.71. The second kappa shape index (κ2) is 7.27. The van der Waals surface area contributed by atoms with Crippen LogP contribution in [0.4, 0.5) is 10.1 Å². The number of hydrogen-bond donors (Lipinski definition) is 2. The van der Waals surface area contributed by atoms with Crippen LogP contribution in [0, 0.1) is 5.82 Å². The first-order valence-electron chi connectivity index (χ1n) is 6.99. The minimum atomic E-state index is -0.551. The molecule has 0 saturated heterocycles. The Morgan fingerprint density at radius 3 is 2.57 bits per heavy atom. The molecular formula is C17H18FNOS. The van der Waals surface area contributed by atoms with E-state index in [1.54, 1.807) is 0 Å². The molecule has 21 heavy (non-hydrogen) atoms. The highest BCUT2D eigenvalue weighted by Gasteiger charge is 2.12.